The Morgan fingerprint density at radius 2 is 1.88 bits per heavy atom. The lowest BCUT2D eigenvalue weighted by Crippen LogP contribution is -2.44. The third-order valence-corrected chi connectivity index (χ3v) is 8.63. The van der Waals surface area contributed by atoms with Gasteiger partial charge in [-0.25, -0.2) is 8.42 Å². The number of hydrogen-bond donors (Lipinski definition) is 1. The van der Waals surface area contributed by atoms with Crippen molar-refractivity contribution in [2.45, 2.75) is 43.6 Å². The van der Waals surface area contributed by atoms with Crippen molar-refractivity contribution in [1.82, 2.24) is 4.31 Å². The van der Waals surface area contributed by atoms with E-state index in [2.05, 4.69) is 5.32 Å². The monoisotopic (exact) mass is 469 g/mol. The predicted octanol–water partition coefficient (Wildman–Crippen LogP) is 2.79. The number of sulfonamides is 1. The highest BCUT2D eigenvalue weighted by molar-refractivity contribution is 7.89. The summed E-state index contributed by atoms with van der Waals surface area (Å²) >= 11 is 0. The SMILES string of the molecule is CC[C@H]1Oc2ccc(S(=O)(=O)N3CCC(C(=O)N4CCc5ccccc54)CC3)cc2NC1=O. The number of fused-ring (bicyclic) bond motifs is 2. The molecule has 2 amide bonds. The molecule has 0 unspecified atom stereocenters. The maximum Gasteiger partial charge on any atom is 0.265 e. The number of nitrogens with one attached hydrogen (secondary N) is 1. The van der Waals surface area contributed by atoms with Gasteiger partial charge in [0.05, 0.1) is 10.6 Å². The number of rotatable bonds is 4. The minimum atomic E-state index is -3.75. The number of hydrogen-bond acceptors (Lipinski definition) is 5. The Balaban J connectivity index is 1.27. The van der Waals surface area contributed by atoms with Gasteiger partial charge in [-0.15, -0.1) is 0 Å². The Labute approximate surface area is 193 Å². The van der Waals surface area contributed by atoms with Gasteiger partial charge < -0.3 is 15.0 Å². The van der Waals surface area contributed by atoms with Crippen LogP contribution < -0.4 is 15.0 Å². The van der Waals surface area contributed by atoms with E-state index in [0.717, 1.165) is 12.1 Å². The summed E-state index contributed by atoms with van der Waals surface area (Å²) < 4.78 is 33.6. The van der Waals surface area contributed by atoms with Gasteiger partial charge >= 0.3 is 0 Å². The Morgan fingerprint density at radius 3 is 2.64 bits per heavy atom. The number of para-hydroxylation sites is 1. The van der Waals surface area contributed by atoms with E-state index in [1.54, 1.807) is 6.07 Å². The van der Waals surface area contributed by atoms with E-state index in [-0.39, 0.29) is 35.7 Å². The Bertz CT molecular complexity index is 1200. The van der Waals surface area contributed by atoms with Gasteiger partial charge in [-0.1, -0.05) is 25.1 Å². The van der Waals surface area contributed by atoms with Crippen molar-refractivity contribution in [1.29, 1.82) is 0 Å². The molecule has 174 valence electrons. The predicted molar refractivity (Wildman–Crippen MR) is 124 cm³/mol. The molecule has 5 rings (SSSR count). The molecule has 0 radical (unpaired) electrons. The first-order chi connectivity index (χ1) is 15.9. The summed E-state index contributed by atoms with van der Waals surface area (Å²) in [6, 6.07) is 12.5. The first-order valence-electron chi connectivity index (χ1n) is 11.4. The van der Waals surface area contributed by atoms with Crippen LogP contribution in [-0.4, -0.2) is 50.3 Å². The van der Waals surface area contributed by atoms with Crippen LogP contribution in [0.5, 0.6) is 5.75 Å². The molecule has 3 aliphatic heterocycles. The molecule has 8 nitrogen and oxygen atoms in total. The van der Waals surface area contributed by atoms with Crippen molar-refractivity contribution in [2.75, 3.05) is 29.9 Å². The fourth-order valence-electron chi connectivity index (χ4n) is 4.84. The van der Waals surface area contributed by atoms with Gasteiger partial charge in [0.15, 0.2) is 6.10 Å². The number of nitrogens with zero attached hydrogens (tertiary/aromatic N) is 2. The van der Waals surface area contributed by atoms with Crippen LogP contribution in [0.4, 0.5) is 11.4 Å². The van der Waals surface area contributed by atoms with E-state index in [1.165, 1.54) is 22.0 Å². The summed E-state index contributed by atoms with van der Waals surface area (Å²) in [5, 5.41) is 2.74. The maximum atomic E-state index is 13.2. The number of carbonyl (C=O) groups excluding carboxylic acids is 2. The molecular formula is C24H27N3O5S. The topological polar surface area (TPSA) is 96.0 Å². The van der Waals surface area contributed by atoms with Crippen LogP contribution in [-0.2, 0) is 26.0 Å². The average Bonchev–Trinajstić information content (AvgIpc) is 3.27. The highest BCUT2D eigenvalue weighted by atomic mass is 32.2. The van der Waals surface area contributed by atoms with Crippen molar-refractivity contribution >= 4 is 33.2 Å². The number of ether oxygens (including phenoxy) is 1. The lowest BCUT2D eigenvalue weighted by atomic mass is 9.96. The van der Waals surface area contributed by atoms with Gasteiger partial charge in [-0.2, -0.15) is 4.31 Å². The van der Waals surface area contributed by atoms with Crippen LogP contribution in [0.1, 0.15) is 31.7 Å². The first kappa shape index (κ1) is 21.9. The van der Waals surface area contributed by atoms with E-state index in [1.807, 2.05) is 36.1 Å². The fourth-order valence-corrected chi connectivity index (χ4v) is 6.33. The van der Waals surface area contributed by atoms with Crippen molar-refractivity contribution in [3.05, 3.63) is 48.0 Å². The molecule has 2 aromatic rings. The molecule has 33 heavy (non-hydrogen) atoms. The van der Waals surface area contributed by atoms with E-state index >= 15 is 0 Å². The second kappa shape index (κ2) is 8.46. The summed E-state index contributed by atoms with van der Waals surface area (Å²) in [4.78, 5) is 27.2. The smallest absolute Gasteiger partial charge is 0.265 e. The zero-order chi connectivity index (χ0) is 23.2. The molecule has 0 bridgehead atoms. The molecule has 0 aliphatic carbocycles. The van der Waals surface area contributed by atoms with Gasteiger partial charge in [0.2, 0.25) is 15.9 Å². The van der Waals surface area contributed by atoms with Crippen LogP contribution in [0, 0.1) is 5.92 Å². The summed E-state index contributed by atoms with van der Waals surface area (Å²) in [5.41, 5.74) is 2.52. The van der Waals surface area contributed by atoms with Crippen LogP contribution in [0.3, 0.4) is 0 Å². The van der Waals surface area contributed by atoms with E-state index in [4.69, 9.17) is 4.74 Å². The summed E-state index contributed by atoms with van der Waals surface area (Å²) in [7, 11) is -3.75. The Kier molecular flexibility index (Phi) is 5.62. The van der Waals surface area contributed by atoms with Crippen LogP contribution >= 0.6 is 0 Å². The fraction of sp³-hybridized carbons (Fsp3) is 0.417. The molecule has 1 atom stereocenters. The third kappa shape index (κ3) is 3.89. The lowest BCUT2D eigenvalue weighted by molar-refractivity contribution is -0.124. The van der Waals surface area contributed by atoms with Crippen molar-refractivity contribution < 1.29 is 22.7 Å². The summed E-state index contributed by atoms with van der Waals surface area (Å²) in [6.45, 7) is 3.10. The van der Waals surface area contributed by atoms with E-state index in [9.17, 15) is 18.0 Å². The van der Waals surface area contributed by atoms with Crippen LogP contribution in [0.2, 0.25) is 0 Å². The Morgan fingerprint density at radius 1 is 1.12 bits per heavy atom. The van der Waals surface area contributed by atoms with Crippen molar-refractivity contribution in [3.63, 3.8) is 0 Å². The van der Waals surface area contributed by atoms with E-state index < -0.39 is 16.1 Å². The first-order valence-corrected chi connectivity index (χ1v) is 12.8. The summed E-state index contributed by atoms with van der Waals surface area (Å²) in [6.07, 6.45) is 1.78. The molecule has 3 aliphatic rings. The number of carbonyl (C=O) groups is 2. The average molecular weight is 470 g/mol. The molecule has 1 saturated heterocycles. The van der Waals surface area contributed by atoms with Crippen LogP contribution in [0.15, 0.2) is 47.4 Å². The minimum absolute atomic E-state index is 0.0797. The number of benzene rings is 2. The van der Waals surface area contributed by atoms with Crippen molar-refractivity contribution in [2.24, 2.45) is 5.92 Å². The zero-order valence-electron chi connectivity index (χ0n) is 18.5. The molecule has 0 aromatic heterocycles. The van der Waals surface area contributed by atoms with Gasteiger partial charge in [0, 0.05) is 31.2 Å². The molecule has 0 saturated carbocycles. The standard InChI is InChI=1S/C24H27N3O5S/c1-2-21-23(28)25-19-15-18(7-8-22(19)32-21)33(30,31)26-12-9-17(10-13-26)24(29)27-14-11-16-5-3-4-6-20(16)27/h3-8,15,17,21H,2,9-14H2,1H3,(H,25,28)/t21-/m1/s1. The number of piperidine rings is 1. The minimum Gasteiger partial charge on any atom is -0.478 e. The molecule has 9 heteroatoms. The highest BCUT2D eigenvalue weighted by Gasteiger charge is 2.36. The van der Waals surface area contributed by atoms with Gasteiger partial charge in [0.1, 0.15) is 5.75 Å². The molecular weight excluding hydrogens is 442 g/mol. The summed E-state index contributed by atoms with van der Waals surface area (Å²) in [5.74, 6) is 0.0823. The quantitative estimate of drug-likeness (QED) is 0.743. The van der Waals surface area contributed by atoms with E-state index in [0.29, 0.717) is 37.2 Å². The zero-order valence-corrected chi connectivity index (χ0v) is 19.3. The van der Waals surface area contributed by atoms with Gasteiger partial charge in [-0.05, 0) is 55.5 Å². The number of amides is 2. The second-order valence-electron chi connectivity index (χ2n) is 8.71. The van der Waals surface area contributed by atoms with Gasteiger partial charge in [0.25, 0.3) is 5.91 Å². The molecule has 1 fully saturated rings. The lowest BCUT2D eigenvalue weighted by Gasteiger charge is -2.33. The third-order valence-electron chi connectivity index (χ3n) is 6.74. The number of anilines is 2. The van der Waals surface area contributed by atoms with Crippen LogP contribution in [0.25, 0.3) is 0 Å². The second-order valence-corrected chi connectivity index (χ2v) is 10.6. The molecule has 1 N–H and O–H groups in total. The molecule has 2 aromatic carbocycles. The van der Waals surface area contributed by atoms with Crippen molar-refractivity contribution in [3.8, 4) is 5.75 Å². The Hall–Kier alpha value is -2.91. The normalized spacial score (nSPS) is 21.2. The maximum absolute atomic E-state index is 13.2. The highest BCUT2D eigenvalue weighted by Crippen LogP contribution is 2.35. The largest absolute Gasteiger partial charge is 0.478 e. The van der Waals surface area contributed by atoms with Gasteiger partial charge in [-0.3, -0.25) is 9.59 Å². The molecule has 3 heterocycles. The molecule has 0 spiro atoms.